The van der Waals surface area contributed by atoms with Crippen molar-refractivity contribution >= 4 is 12.1 Å². The molecule has 5 nitrogen and oxygen atoms in total. The molecule has 0 aromatic carbocycles. The van der Waals surface area contributed by atoms with Gasteiger partial charge in [0.15, 0.2) is 0 Å². The highest BCUT2D eigenvalue weighted by molar-refractivity contribution is 5.80. The van der Waals surface area contributed by atoms with Crippen LogP contribution in [0.15, 0.2) is 0 Å². The Morgan fingerprint density at radius 1 is 1.44 bits per heavy atom. The molecule has 0 spiro atoms. The maximum atomic E-state index is 11.5. The van der Waals surface area contributed by atoms with E-state index in [9.17, 15) is 9.59 Å². The lowest BCUT2D eigenvalue weighted by atomic mass is 10.0. The zero-order valence-electron chi connectivity index (χ0n) is 11.7. The van der Waals surface area contributed by atoms with Crippen molar-refractivity contribution in [1.82, 2.24) is 5.32 Å². The molecule has 1 amide bonds. The highest BCUT2D eigenvalue weighted by Gasteiger charge is 2.47. The summed E-state index contributed by atoms with van der Waals surface area (Å²) >= 11 is 0. The van der Waals surface area contributed by atoms with Crippen LogP contribution in [0.4, 0.5) is 4.79 Å². The summed E-state index contributed by atoms with van der Waals surface area (Å²) in [4.78, 5) is 22.6. The van der Waals surface area contributed by atoms with E-state index >= 15 is 0 Å². The lowest BCUT2D eigenvalue weighted by Gasteiger charge is -2.22. The van der Waals surface area contributed by atoms with Crippen molar-refractivity contribution < 1.29 is 19.4 Å². The summed E-state index contributed by atoms with van der Waals surface area (Å²) in [6.45, 7) is 9.43. The van der Waals surface area contributed by atoms with Crippen LogP contribution in [0.5, 0.6) is 0 Å². The fraction of sp³-hybridized carbons (Fsp3) is 0.846. The van der Waals surface area contributed by atoms with Gasteiger partial charge in [0, 0.05) is 0 Å². The van der Waals surface area contributed by atoms with Gasteiger partial charge in [0.2, 0.25) is 0 Å². The molecule has 1 aliphatic carbocycles. The number of aliphatic carboxylic acids is 1. The summed E-state index contributed by atoms with van der Waals surface area (Å²) < 4.78 is 5.06. The lowest BCUT2D eigenvalue weighted by Crippen LogP contribution is -2.43. The predicted octanol–water partition coefficient (Wildman–Crippen LogP) is 2.40. The van der Waals surface area contributed by atoms with Gasteiger partial charge >= 0.3 is 12.1 Å². The molecule has 0 heterocycles. The predicted molar refractivity (Wildman–Crippen MR) is 67.3 cm³/mol. The number of alkyl carbamates (subject to hydrolysis) is 1. The molecule has 0 aliphatic heterocycles. The molecule has 2 N–H and O–H groups in total. The minimum atomic E-state index is -1.01. The summed E-state index contributed by atoms with van der Waals surface area (Å²) in [6.07, 6.45) is 0.794. The van der Waals surface area contributed by atoms with Crippen LogP contribution in [-0.2, 0) is 9.53 Å². The van der Waals surface area contributed by atoms with Crippen molar-refractivity contribution in [2.75, 3.05) is 0 Å². The van der Waals surface area contributed by atoms with E-state index in [1.165, 1.54) is 0 Å². The number of nitrogens with one attached hydrogen (secondary N) is 1. The highest BCUT2D eigenvalue weighted by atomic mass is 16.6. The number of carbonyl (C=O) groups is 2. The monoisotopic (exact) mass is 257 g/mol. The van der Waals surface area contributed by atoms with Crippen LogP contribution in [0.3, 0.4) is 0 Å². The summed E-state index contributed by atoms with van der Waals surface area (Å²) in [5.74, 6) is -0.655. The largest absolute Gasteiger partial charge is 0.480 e. The summed E-state index contributed by atoms with van der Waals surface area (Å²) in [5.41, 5.74) is -0.421. The van der Waals surface area contributed by atoms with E-state index in [0.717, 1.165) is 6.42 Å². The first kappa shape index (κ1) is 14.8. The molecule has 5 heteroatoms. The van der Waals surface area contributed by atoms with Crippen LogP contribution in [0.1, 0.15) is 47.5 Å². The van der Waals surface area contributed by atoms with Crippen LogP contribution in [-0.4, -0.2) is 28.8 Å². The standard InChI is InChI=1S/C13H23NO4/c1-12(2,3)18-11(17)14-9(10(15)16)6-8-7-13(8,4)5/h8-9H,6-7H2,1-5H3,(H,14,17)(H,15,16). The Bertz CT molecular complexity index is 343. The van der Waals surface area contributed by atoms with E-state index in [4.69, 9.17) is 9.84 Å². The van der Waals surface area contributed by atoms with E-state index in [-0.39, 0.29) is 5.41 Å². The van der Waals surface area contributed by atoms with Gasteiger partial charge in [-0.2, -0.15) is 0 Å². The molecule has 104 valence electrons. The van der Waals surface area contributed by atoms with Crippen LogP contribution in [0.2, 0.25) is 0 Å². The molecule has 0 saturated heterocycles. The normalized spacial score (nSPS) is 23.1. The van der Waals surface area contributed by atoms with Crippen molar-refractivity contribution in [3.63, 3.8) is 0 Å². The molecule has 2 unspecified atom stereocenters. The summed E-state index contributed by atoms with van der Waals surface area (Å²) in [5, 5.41) is 11.5. The van der Waals surface area contributed by atoms with Crippen molar-refractivity contribution in [3.8, 4) is 0 Å². The summed E-state index contributed by atoms with van der Waals surface area (Å²) in [6, 6.07) is -0.869. The van der Waals surface area contributed by atoms with E-state index in [2.05, 4.69) is 19.2 Å². The molecule has 18 heavy (non-hydrogen) atoms. The average molecular weight is 257 g/mol. The number of hydrogen-bond acceptors (Lipinski definition) is 3. The molecule has 2 atom stereocenters. The van der Waals surface area contributed by atoms with Crippen LogP contribution in [0.25, 0.3) is 0 Å². The quantitative estimate of drug-likeness (QED) is 0.811. The third-order valence-corrected chi connectivity index (χ3v) is 3.23. The second-order valence-corrected chi connectivity index (χ2v) is 6.66. The first-order valence-electron chi connectivity index (χ1n) is 6.23. The van der Waals surface area contributed by atoms with Crippen molar-refractivity contribution in [2.24, 2.45) is 11.3 Å². The number of carbonyl (C=O) groups excluding carboxylic acids is 1. The molecule has 0 radical (unpaired) electrons. The van der Waals surface area contributed by atoms with Crippen LogP contribution in [0, 0.1) is 11.3 Å². The first-order valence-corrected chi connectivity index (χ1v) is 6.23. The fourth-order valence-corrected chi connectivity index (χ4v) is 1.93. The molecule has 0 aromatic rings. The number of carboxylic acid groups (broad SMARTS) is 1. The number of ether oxygens (including phenoxy) is 1. The van der Waals surface area contributed by atoms with E-state index in [1.54, 1.807) is 20.8 Å². The number of amides is 1. The van der Waals surface area contributed by atoms with Gasteiger partial charge in [-0.1, -0.05) is 13.8 Å². The molecular weight excluding hydrogens is 234 g/mol. The third kappa shape index (κ3) is 4.55. The minimum absolute atomic E-state index is 0.198. The Morgan fingerprint density at radius 2 is 1.94 bits per heavy atom. The van der Waals surface area contributed by atoms with Gasteiger partial charge in [-0.15, -0.1) is 0 Å². The Kier molecular flexibility index (Phi) is 3.93. The zero-order valence-corrected chi connectivity index (χ0v) is 11.7. The molecule has 0 bridgehead atoms. The zero-order chi connectivity index (χ0) is 14.1. The Morgan fingerprint density at radius 3 is 2.28 bits per heavy atom. The summed E-state index contributed by atoms with van der Waals surface area (Å²) in [7, 11) is 0. The number of rotatable bonds is 4. The van der Waals surface area contributed by atoms with Gasteiger partial charge in [0.1, 0.15) is 11.6 Å². The van der Waals surface area contributed by atoms with Crippen molar-refractivity contribution in [2.45, 2.75) is 59.1 Å². The molecule has 1 saturated carbocycles. The smallest absolute Gasteiger partial charge is 0.408 e. The molecule has 0 aromatic heterocycles. The maximum Gasteiger partial charge on any atom is 0.408 e. The van der Waals surface area contributed by atoms with E-state index in [1.807, 2.05) is 0 Å². The Balaban J connectivity index is 2.49. The van der Waals surface area contributed by atoms with Crippen LogP contribution < -0.4 is 5.32 Å². The van der Waals surface area contributed by atoms with E-state index in [0.29, 0.717) is 12.3 Å². The van der Waals surface area contributed by atoms with Gasteiger partial charge in [-0.25, -0.2) is 9.59 Å². The van der Waals surface area contributed by atoms with Gasteiger partial charge < -0.3 is 15.2 Å². The average Bonchev–Trinajstić information content (AvgIpc) is 2.68. The van der Waals surface area contributed by atoms with Gasteiger partial charge in [-0.3, -0.25) is 0 Å². The fourth-order valence-electron chi connectivity index (χ4n) is 1.93. The van der Waals surface area contributed by atoms with Crippen molar-refractivity contribution in [3.05, 3.63) is 0 Å². The lowest BCUT2D eigenvalue weighted by molar-refractivity contribution is -0.139. The Hall–Kier alpha value is -1.26. The second-order valence-electron chi connectivity index (χ2n) is 6.66. The van der Waals surface area contributed by atoms with Gasteiger partial charge in [0.05, 0.1) is 0 Å². The first-order chi connectivity index (χ1) is 8.01. The van der Waals surface area contributed by atoms with Crippen molar-refractivity contribution in [1.29, 1.82) is 0 Å². The molecular formula is C13H23NO4. The second kappa shape index (κ2) is 4.78. The van der Waals surface area contributed by atoms with E-state index < -0.39 is 23.7 Å². The molecule has 1 fully saturated rings. The van der Waals surface area contributed by atoms with Gasteiger partial charge in [0.25, 0.3) is 0 Å². The molecule has 1 aliphatic rings. The van der Waals surface area contributed by atoms with Crippen LogP contribution >= 0.6 is 0 Å². The van der Waals surface area contributed by atoms with Gasteiger partial charge in [-0.05, 0) is 44.9 Å². The number of carboxylic acids is 1. The maximum absolute atomic E-state index is 11.5. The third-order valence-electron chi connectivity index (χ3n) is 3.23. The highest BCUT2D eigenvalue weighted by Crippen LogP contribution is 2.54. The molecule has 1 rings (SSSR count). The SMILES string of the molecule is CC(C)(C)OC(=O)NC(CC1CC1(C)C)C(=O)O. The Labute approximate surface area is 108 Å². The minimum Gasteiger partial charge on any atom is -0.480 e. The number of hydrogen-bond donors (Lipinski definition) is 2. The topological polar surface area (TPSA) is 75.6 Å².